The van der Waals surface area contributed by atoms with Gasteiger partial charge in [0.05, 0.1) is 21.3 Å². The standard InChI is InChI=1S/C23H29N3O5/c1-16(27)24-19-8-5-17(6-9-19)23(28)26-13-11-25(12-14-26)15-18-7-10-20(29-2)22(31-4)21(18)30-3/h5-10H,11-15H2,1-4H3,(H,24,27). The molecule has 0 unspecified atom stereocenters. The van der Waals surface area contributed by atoms with Crippen LogP contribution in [0.2, 0.25) is 0 Å². The molecule has 0 atom stereocenters. The Kier molecular flexibility index (Phi) is 7.36. The van der Waals surface area contributed by atoms with Gasteiger partial charge in [0.25, 0.3) is 5.91 Å². The van der Waals surface area contributed by atoms with E-state index in [0.29, 0.717) is 48.1 Å². The van der Waals surface area contributed by atoms with Crippen LogP contribution in [0.15, 0.2) is 36.4 Å². The molecule has 1 aliphatic rings. The molecule has 1 N–H and O–H groups in total. The third-order valence-electron chi connectivity index (χ3n) is 5.29. The van der Waals surface area contributed by atoms with Crippen LogP contribution in [0.3, 0.4) is 0 Å². The predicted molar refractivity (Wildman–Crippen MR) is 118 cm³/mol. The Morgan fingerprint density at radius 1 is 0.871 bits per heavy atom. The van der Waals surface area contributed by atoms with E-state index in [1.807, 2.05) is 17.0 Å². The van der Waals surface area contributed by atoms with E-state index in [4.69, 9.17) is 14.2 Å². The molecule has 1 fully saturated rings. The van der Waals surface area contributed by atoms with E-state index in [2.05, 4.69) is 10.2 Å². The number of methoxy groups -OCH3 is 3. The van der Waals surface area contributed by atoms with Crippen molar-refractivity contribution in [3.8, 4) is 17.2 Å². The number of rotatable bonds is 7. The molecular formula is C23H29N3O5. The van der Waals surface area contributed by atoms with Gasteiger partial charge in [0.2, 0.25) is 11.7 Å². The van der Waals surface area contributed by atoms with Gasteiger partial charge in [-0.2, -0.15) is 0 Å². The van der Waals surface area contributed by atoms with Crippen LogP contribution in [0, 0.1) is 0 Å². The maximum absolute atomic E-state index is 12.8. The lowest BCUT2D eigenvalue weighted by atomic mass is 10.1. The molecule has 1 saturated heterocycles. The summed E-state index contributed by atoms with van der Waals surface area (Å²) in [5, 5.41) is 2.71. The fraction of sp³-hybridized carbons (Fsp3) is 0.391. The zero-order chi connectivity index (χ0) is 22.4. The molecule has 166 valence electrons. The van der Waals surface area contributed by atoms with Gasteiger partial charge in [-0.3, -0.25) is 14.5 Å². The molecule has 2 aromatic carbocycles. The monoisotopic (exact) mass is 427 g/mol. The Morgan fingerprint density at radius 3 is 2.06 bits per heavy atom. The third-order valence-corrected chi connectivity index (χ3v) is 5.29. The molecule has 0 aromatic heterocycles. The topological polar surface area (TPSA) is 80.3 Å². The maximum atomic E-state index is 12.8. The van der Waals surface area contributed by atoms with E-state index in [-0.39, 0.29) is 11.8 Å². The van der Waals surface area contributed by atoms with E-state index in [1.165, 1.54) is 6.92 Å². The number of anilines is 1. The van der Waals surface area contributed by atoms with Gasteiger partial charge in [-0.25, -0.2) is 0 Å². The first-order valence-corrected chi connectivity index (χ1v) is 10.1. The fourth-order valence-electron chi connectivity index (χ4n) is 3.72. The van der Waals surface area contributed by atoms with Crippen LogP contribution in [0.5, 0.6) is 17.2 Å². The van der Waals surface area contributed by atoms with Crippen molar-refractivity contribution in [2.75, 3.05) is 52.8 Å². The summed E-state index contributed by atoms with van der Waals surface area (Å²) in [5.41, 5.74) is 2.30. The second-order valence-electron chi connectivity index (χ2n) is 7.32. The largest absolute Gasteiger partial charge is 0.493 e. The minimum Gasteiger partial charge on any atom is -0.493 e. The molecule has 2 amide bonds. The summed E-state index contributed by atoms with van der Waals surface area (Å²) in [5.74, 6) is 1.74. The summed E-state index contributed by atoms with van der Waals surface area (Å²) in [6.07, 6.45) is 0. The first kappa shape index (κ1) is 22.4. The van der Waals surface area contributed by atoms with Gasteiger partial charge in [0.1, 0.15) is 0 Å². The summed E-state index contributed by atoms with van der Waals surface area (Å²) >= 11 is 0. The Morgan fingerprint density at radius 2 is 1.52 bits per heavy atom. The second-order valence-corrected chi connectivity index (χ2v) is 7.32. The minimum atomic E-state index is -0.138. The van der Waals surface area contributed by atoms with Gasteiger partial charge in [0.15, 0.2) is 11.5 Å². The third kappa shape index (κ3) is 5.27. The predicted octanol–water partition coefficient (Wildman–Crippen LogP) is 2.63. The number of carbonyl (C=O) groups is 2. The van der Waals surface area contributed by atoms with Gasteiger partial charge in [-0.05, 0) is 30.3 Å². The SMILES string of the molecule is COc1ccc(CN2CCN(C(=O)c3ccc(NC(C)=O)cc3)CC2)c(OC)c1OC. The summed E-state index contributed by atoms with van der Waals surface area (Å²) in [4.78, 5) is 28.1. The van der Waals surface area contributed by atoms with E-state index in [0.717, 1.165) is 18.7 Å². The van der Waals surface area contributed by atoms with Gasteiger partial charge < -0.3 is 24.4 Å². The second kappa shape index (κ2) is 10.2. The van der Waals surface area contributed by atoms with Crippen LogP contribution in [-0.2, 0) is 11.3 Å². The zero-order valence-electron chi connectivity index (χ0n) is 18.4. The number of hydrogen-bond donors (Lipinski definition) is 1. The van der Waals surface area contributed by atoms with E-state index < -0.39 is 0 Å². The first-order valence-electron chi connectivity index (χ1n) is 10.1. The lowest BCUT2D eigenvalue weighted by Gasteiger charge is -2.35. The highest BCUT2D eigenvalue weighted by Crippen LogP contribution is 2.40. The van der Waals surface area contributed by atoms with E-state index in [9.17, 15) is 9.59 Å². The number of piperazine rings is 1. The summed E-state index contributed by atoms with van der Waals surface area (Å²) < 4.78 is 16.4. The van der Waals surface area contributed by atoms with Crippen molar-refractivity contribution >= 4 is 17.5 Å². The van der Waals surface area contributed by atoms with Crippen molar-refractivity contribution in [2.24, 2.45) is 0 Å². The number of ether oxygens (including phenoxy) is 3. The average Bonchev–Trinajstić information content (AvgIpc) is 2.78. The summed E-state index contributed by atoms with van der Waals surface area (Å²) in [6.45, 7) is 4.94. The highest BCUT2D eigenvalue weighted by molar-refractivity contribution is 5.95. The van der Waals surface area contributed by atoms with E-state index in [1.54, 1.807) is 45.6 Å². The minimum absolute atomic E-state index is 0.00211. The van der Waals surface area contributed by atoms with Crippen molar-refractivity contribution in [3.05, 3.63) is 47.5 Å². The molecule has 0 saturated carbocycles. The molecule has 31 heavy (non-hydrogen) atoms. The summed E-state index contributed by atoms with van der Waals surface area (Å²) in [7, 11) is 4.81. The van der Waals surface area contributed by atoms with Gasteiger partial charge >= 0.3 is 0 Å². The molecule has 1 heterocycles. The van der Waals surface area contributed by atoms with Crippen LogP contribution in [0.1, 0.15) is 22.8 Å². The van der Waals surface area contributed by atoms with Crippen LogP contribution < -0.4 is 19.5 Å². The quantitative estimate of drug-likeness (QED) is 0.732. The lowest BCUT2D eigenvalue weighted by molar-refractivity contribution is -0.114. The van der Waals surface area contributed by atoms with Crippen molar-refractivity contribution < 1.29 is 23.8 Å². The Hall–Kier alpha value is -3.26. The Labute approximate surface area is 182 Å². The lowest BCUT2D eigenvalue weighted by Crippen LogP contribution is -2.48. The van der Waals surface area contributed by atoms with Crippen LogP contribution in [-0.4, -0.2) is 69.1 Å². The molecule has 8 heteroatoms. The normalized spacial score (nSPS) is 14.1. The van der Waals surface area contributed by atoms with Crippen molar-refractivity contribution in [1.82, 2.24) is 9.80 Å². The molecule has 0 aliphatic carbocycles. The molecule has 2 aromatic rings. The highest BCUT2D eigenvalue weighted by Gasteiger charge is 2.24. The Balaban J connectivity index is 1.61. The maximum Gasteiger partial charge on any atom is 0.253 e. The number of nitrogens with zero attached hydrogens (tertiary/aromatic N) is 2. The fourth-order valence-corrected chi connectivity index (χ4v) is 3.72. The summed E-state index contributed by atoms with van der Waals surface area (Å²) in [6, 6.07) is 10.8. The molecule has 8 nitrogen and oxygen atoms in total. The van der Waals surface area contributed by atoms with Crippen LogP contribution >= 0.6 is 0 Å². The molecule has 0 spiro atoms. The average molecular weight is 428 g/mol. The van der Waals surface area contributed by atoms with Gasteiger partial charge in [-0.1, -0.05) is 6.07 Å². The number of hydrogen-bond acceptors (Lipinski definition) is 6. The molecule has 1 aliphatic heterocycles. The van der Waals surface area contributed by atoms with Crippen molar-refractivity contribution in [2.45, 2.75) is 13.5 Å². The van der Waals surface area contributed by atoms with Crippen LogP contribution in [0.4, 0.5) is 5.69 Å². The molecule has 0 bridgehead atoms. The number of benzene rings is 2. The molecular weight excluding hydrogens is 398 g/mol. The number of amides is 2. The zero-order valence-corrected chi connectivity index (χ0v) is 18.4. The van der Waals surface area contributed by atoms with Crippen molar-refractivity contribution in [1.29, 1.82) is 0 Å². The Bertz CT molecular complexity index is 922. The molecule has 3 rings (SSSR count). The van der Waals surface area contributed by atoms with Crippen molar-refractivity contribution in [3.63, 3.8) is 0 Å². The smallest absolute Gasteiger partial charge is 0.253 e. The van der Waals surface area contributed by atoms with E-state index >= 15 is 0 Å². The molecule has 0 radical (unpaired) electrons. The van der Waals surface area contributed by atoms with Crippen LogP contribution in [0.25, 0.3) is 0 Å². The first-order chi connectivity index (χ1) is 15.0. The number of carbonyl (C=O) groups excluding carboxylic acids is 2. The van der Waals surface area contributed by atoms with Gasteiger partial charge in [-0.15, -0.1) is 0 Å². The van der Waals surface area contributed by atoms with Gasteiger partial charge in [0, 0.05) is 56.5 Å². The highest BCUT2D eigenvalue weighted by atomic mass is 16.5. The number of nitrogens with one attached hydrogen (secondary N) is 1.